The van der Waals surface area contributed by atoms with Gasteiger partial charge in [0.25, 0.3) is 0 Å². The van der Waals surface area contributed by atoms with Crippen LogP contribution in [0.15, 0.2) is 48.5 Å². The first kappa shape index (κ1) is 17.9. The van der Waals surface area contributed by atoms with E-state index in [0.717, 1.165) is 34.4 Å². The molecule has 0 saturated carbocycles. The molecule has 1 aliphatic rings. The monoisotopic (exact) mass is 384 g/mol. The Morgan fingerprint density at radius 2 is 1.83 bits per heavy atom. The number of benzene rings is 2. The molecule has 1 N–H and O–H groups in total. The lowest BCUT2D eigenvalue weighted by molar-refractivity contribution is 0.0963. The number of nitrogens with one attached hydrogen (secondary N) is 1. The molecule has 0 spiro atoms. The first-order valence-electron chi connectivity index (χ1n) is 10.2. The lowest BCUT2D eigenvalue weighted by atomic mass is 9.81. The number of rotatable bonds is 3. The Labute approximate surface area is 169 Å². The molecule has 146 valence electrons. The fourth-order valence-corrected chi connectivity index (χ4v) is 4.36. The molecule has 0 unspecified atom stereocenters. The molecule has 0 bridgehead atoms. The molecule has 29 heavy (non-hydrogen) atoms. The predicted octanol–water partition coefficient (Wildman–Crippen LogP) is 5.09. The van der Waals surface area contributed by atoms with E-state index in [4.69, 9.17) is 4.98 Å². The van der Waals surface area contributed by atoms with E-state index in [1.807, 2.05) is 35.9 Å². The molecule has 1 aliphatic carbocycles. The van der Waals surface area contributed by atoms with Crippen LogP contribution >= 0.6 is 0 Å². The summed E-state index contributed by atoms with van der Waals surface area (Å²) in [7, 11) is 0. The highest BCUT2D eigenvalue weighted by molar-refractivity contribution is 6.00. The van der Waals surface area contributed by atoms with E-state index in [9.17, 15) is 4.79 Å². The maximum Gasteiger partial charge on any atom is 0.229 e. The molecular weight excluding hydrogens is 360 g/mol. The van der Waals surface area contributed by atoms with E-state index >= 15 is 0 Å². The van der Waals surface area contributed by atoms with E-state index in [1.54, 1.807) is 0 Å². The number of carbonyl (C=O) groups is 1. The third-order valence-corrected chi connectivity index (χ3v) is 5.96. The predicted molar refractivity (Wildman–Crippen MR) is 114 cm³/mol. The van der Waals surface area contributed by atoms with Crippen LogP contribution in [0.1, 0.15) is 65.0 Å². The van der Waals surface area contributed by atoms with E-state index in [-0.39, 0.29) is 11.7 Å². The van der Waals surface area contributed by atoms with Gasteiger partial charge in [-0.2, -0.15) is 5.10 Å². The molecule has 2 heterocycles. The topological polar surface area (TPSA) is 63.6 Å². The molecule has 0 fully saturated rings. The van der Waals surface area contributed by atoms with Gasteiger partial charge < -0.3 is 4.98 Å². The van der Waals surface area contributed by atoms with Gasteiger partial charge in [-0.1, -0.05) is 50.2 Å². The summed E-state index contributed by atoms with van der Waals surface area (Å²) >= 11 is 0. The second-order valence-electron chi connectivity index (χ2n) is 8.25. The molecule has 5 heteroatoms. The van der Waals surface area contributed by atoms with Crippen LogP contribution in [0.3, 0.4) is 0 Å². The zero-order chi connectivity index (χ0) is 20.1. The summed E-state index contributed by atoms with van der Waals surface area (Å²) < 4.78 is 1.83. The average molecular weight is 384 g/mol. The van der Waals surface area contributed by atoms with E-state index in [1.165, 1.54) is 11.1 Å². The van der Waals surface area contributed by atoms with Gasteiger partial charge in [-0.15, -0.1) is 0 Å². The number of nitrogens with zero attached hydrogens (tertiary/aromatic N) is 3. The van der Waals surface area contributed by atoms with Crippen molar-refractivity contribution in [2.75, 3.05) is 0 Å². The Balaban J connectivity index is 1.56. The Morgan fingerprint density at radius 1 is 1.07 bits per heavy atom. The van der Waals surface area contributed by atoms with Crippen molar-refractivity contribution in [1.82, 2.24) is 19.7 Å². The summed E-state index contributed by atoms with van der Waals surface area (Å²) in [5.41, 5.74) is 6.89. The summed E-state index contributed by atoms with van der Waals surface area (Å²) in [5.74, 6) is 1.50. The van der Waals surface area contributed by atoms with Crippen molar-refractivity contribution in [3.63, 3.8) is 0 Å². The molecule has 2 aromatic carbocycles. The van der Waals surface area contributed by atoms with Crippen LogP contribution in [0, 0.1) is 6.92 Å². The van der Waals surface area contributed by atoms with Crippen LogP contribution in [-0.2, 0) is 6.42 Å². The second kappa shape index (κ2) is 6.69. The third kappa shape index (κ3) is 2.97. The second-order valence-corrected chi connectivity index (χ2v) is 8.25. The van der Waals surface area contributed by atoms with Crippen LogP contribution in [0.5, 0.6) is 0 Å². The summed E-state index contributed by atoms with van der Waals surface area (Å²) in [6.45, 7) is 6.30. The minimum Gasteiger partial charge on any atom is -0.322 e. The lowest BCUT2D eigenvalue weighted by Crippen LogP contribution is -2.21. The van der Waals surface area contributed by atoms with Crippen molar-refractivity contribution >= 4 is 16.8 Å². The Morgan fingerprint density at radius 3 is 2.55 bits per heavy atom. The number of fused-ring (bicyclic) bond motifs is 2. The molecule has 0 saturated heterocycles. The van der Waals surface area contributed by atoms with Crippen molar-refractivity contribution in [1.29, 1.82) is 0 Å². The van der Waals surface area contributed by atoms with Crippen LogP contribution in [0.4, 0.5) is 0 Å². The van der Waals surface area contributed by atoms with Crippen molar-refractivity contribution in [3.8, 4) is 5.95 Å². The molecule has 5 nitrogen and oxygen atoms in total. The number of hydrogen-bond donors (Lipinski definition) is 1. The van der Waals surface area contributed by atoms with Gasteiger partial charge in [0.15, 0.2) is 5.78 Å². The van der Waals surface area contributed by atoms with Crippen molar-refractivity contribution in [2.45, 2.75) is 45.4 Å². The maximum atomic E-state index is 13.0. The summed E-state index contributed by atoms with van der Waals surface area (Å²) in [5, 5.41) is 4.68. The molecule has 4 aromatic rings. The molecular formula is C24H24N4O. The average Bonchev–Trinajstić information content (AvgIpc) is 3.29. The number of aromatic amines is 1. The zero-order valence-corrected chi connectivity index (χ0v) is 16.9. The zero-order valence-electron chi connectivity index (χ0n) is 16.9. The highest BCUT2D eigenvalue weighted by Gasteiger charge is 2.32. The molecule has 0 aliphatic heterocycles. The Hall–Kier alpha value is -3.21. The van der Waals surface area contributed by atoms with Gasteiger partial charge in [-0.3, -0.25) is 4.79 Å². The number of Topliss-reactive ketones (excluding diaryl/α,β-unsaturated/α-hetero) is 1. The number of H-pyrrole nitrogens is 1. The highest BCUT2D eigenvalue weighted by atomic mass is 16.1. The van der Waals surface area contributed by atoms with Gasteiger partial charge in [0.2, 0.25) is 5.95 Å². The SMILES string of the molecule is Cc1nn(-c2nc3ccccc3[nH]2)c2c1C(=O)C[C@@H](c1ccc(C(C)C)cc1)C2. The first-order valence-corrected chi connectivity index (χ1v) is 10.2. The number of carbonyl (C=O) groups excluding carboxylic acids is 1. The largest absolute Gasteiger partial charge is 0.322 e. The molecule has 0 amide bonds. The van der Waals surface area contributed by atoms with Crippen LogP contribution in [0.2, 0.25) is 0 Å². The minimum absolute atomic E-state index is 0.162. The van der Waals surface area contributed by atoms with Gasteiger partial charge >= 0.3 is 0 Å². The number of aryl methyl sites for hydroxylation is 1. The number of ketones is 1. The Kier molecular flexibility index (Phi) is 4.12. The number of para-hydroxylation sites is 2. The summed E-state index contributed by atoms with van der Waals surface area (Å²) in [6.07, 6.45) is 1.31. The fourth-order valence-electron chi connectivity index (χ4n) is 4.36. The quantitative estimate of drug-likeness (QED) is 0.535. The van der Waals surface area contributed by atoms with Crippen LogP contribution in [0.25, 0.3) is 17.0 Å². The highest BCUT2D eigenvalue weighted by Crippen LogP contribution is 2.35. The van der Waals surface area contributed by atoms with Crippen LogP contribution < -0.4 is 0 Å². The minimum atomic E-state index is 0.162. The summed E-state index contributed by atoms with van der Waals surface area (Å²) in [4.78, 5) is 21.0. The molecule has 1 atom stereocenters. The molecule has 2 aromatic heterocycles. The molecule has 0 radical (unpaired) electrons. The lowest BCUT2D eigenvalue weighted by Gasteiger charge is -2.23. The number of hydrogen-bond acceptors (Lipinski definition) is 3. The first-order chi connectivity index (χ1) is 14.0. The number of aromatic nitrogens is 4. The van der Waals surface area contributed by atoms with E-state index < -0.39 is 0 Å². The van der Waals surface area contributed by atoms with E-state index in [2.05, 4.69) is 48.2 Å². The Bertz CT molecular complexity index is 1180. The van der Waals surface area contributed by atoms with Gasteiger partial charge in [0, 0.05) is 6.42 Å². The van der Waals surface area contributed by atoms with Crippen molar-refractivity contribution in [2.24, 2.45) is 0 Å². The summed E-state index contributed by atoms with van der Waals surface area (Å²) in [6, 6.07) is 16.6. The van der Waals surface area contributed by atoms with Gasteiger partial charge in [0.1, 0.15) is 0 Å². The van der Waals surface area contributed by atoms with Gasteiger partial charge in [-0.05, 0) is 48.4 Å². The van der Waals surface area contributed by atoms with Crippen molar-refractivity contribution in [3.05, 3.63) is 76.6 Å². The normalized spacial score (nSPS) is 16.6. The van der Waals surface area contributed by atoms with Crippen LogP contribution in [-0.4, -0.2) is 25.5 Å². The number of imidazole rings is 1. The van der Waals surface area contributed by atoms with Gasteiger partial charge in [0.05, 0.1) is 28.0 Å². The van der Waals surface area contributed by atoms with Crippen molar-refractivity contribution < 1.29 is 4.79 Å². The maximum absolute atomic E-state index is 13.0. The third-order valence-electron chi connectivity index (χ3n) is 5.96. The smallest absolute Gasteiger partial charge is 0.229 e. The fraction of sp³-hybridized carbons (Fsp3) is 0.292. The van der Waals surface area contributed by atoms with Gasteiger partial charge in [-0.25, -0.2) is 9.67 Å². The standard InChI is InChI=1S/C24H24N4O/c1-14(2)16-8-10-17(11-9-16)18-12-21-23(22(29)13-18)15(3)27-28(21)24-25-19-6-4-5-7-20(19)26-24/h4-11,14,18H,12-13H2,1-3H3,(H,25,26)/t18-/m0/s1. The van der Waals surface area contributed by atoms with E-state index in [0.29, 0.717) is 18.3 Å². The molecule has 5 rings (SSSR count).